The minimum atomic E-state index is -3.83. The van der Waals surface area contributed by atoms with Crippen molar-refractivity contribution in [1.29, 1.82) is 0 Å². The van der Waals surface area contributed by atoms with Crippen molar-refractivity contribution < 1.29 is 22.7 Å². The highest BCUT2D eigenvalue weighted by molar-refractivity contribution is 7.89. The van der Waals surface area contributed by atoms with Gasteiger partial charge in [-0.05, 0) is 49.7 Å². The van der Waals surface area contributed by atoms with Gasteiger partial charge in [-0.3, -0.25) is 10.2 Å². The van der Waals surface area contributed by atoms with Crippen LogP contribution in [0.5, 0.6) is 11.5 Å². The average molecular weight is 378 g/mol. The number of hydrazine groups is 1. The summed E-state index contributed by atoms with van der Waals surface area (Å²) in [6.07, 6.45) is 0.601. The summed E-state index contributed by atoms with van der Waals surface area (Å²) in [5.41, 5.74) is 2.20. The van der Waals surface area contributed by atoms with Crippen LogP contribution < -0.4 is 19.7 Å². The van der Waals surface area contributed by atoms with E-state index in [9.17, 15) is 13.2 Å². The third-order valence-electron chi connectivity index (χ3n) is 3.33. The van der Waals surface area contributed by atoms with Crippen molar-refractivity contribution in [3.63, 3.8) is 0 Å². The summed E-state index contributed by atoms with van der Waals surface area (Å²) in [7, 11) is -3.83. The number of carbonyl (C=O) groups excluding carboxylic acids is 1. The van der Waals surface area contributed by atoms with E-state index in [-0.39, 0.29) is 11.3 Å². The molecule has 0 atom stereocenters. The zero-order valence-electron chi connectivity index (χ0n) is 14.5. The van der Waals surface area contributed by atoms with Crippen molar-refractivity contribution in [3.8, 4) is 11.5 Å². The zero-order chi connectivity index (χ0) is 18.8. The topological polar surface area (TPSA) is 93.7 Å². The van der Waals surface area contributed by atoms with Gasteiger partial charge in [-0.15, -0.1) is 4.83 Å². The molecule has 0 unspecified atom stereocenters. The first-order valence-corrected chi connectivity index (χ1v) is 9.71. The number of ether oxygens (including phenoxy) is 2. The second kappa shape index (κ2) is 9.79. The van der Waals surface area contributed by atoms with Crippen molar-refractivity contribution in [3.05, 3.63) is 54.6 Å². The molecule has 26 heavy (non-hydrogen) atoms. The van der Waals surface area contributed by atoms with Gasteiger partial charge in [-0.2, -0.15) is 0 Å². The second-order valence-electron chi connectivity index (χ2n) is 5.32. The number of sulfonamides is 1. The van der Waals surface area contributed by atoms with E-state index in [2.05, 4.69) is 10.3 Å². The summed E-state index contributed by atoms with van der Waals surface area (Å²) in [5.74, 6) is 0.870. The van der Waals surface area contributed by atoms with Crippen LogP contribution in [0.2, 0.25) is 0 Å². The van der Waals surface area contributed by atoms with E-state index in [0.717, 1.165) is 5.75 Å². The Kier molecular flexibility index (Phi) is 7.43. The van der Waals surface area contributed by atoms with Gasteiger partial charge < -0.3 is 9.47 Å². The van der Waals surface area contributed by atoms with E-state index in [1.54, 1.807) is 12.1 Å². The zero-order valence-corrected chi connectivity index (χ0v) is 15.3. The van der Waals surface area contributed by atoms with Crippen LogP contribution >= 0.6 is 0 Å². The molecule has 0 bridgehead atoms. The lowest BCUT2D eigenvalue weighted by atomic mass is 10.3. The van der Waals surface area contributed by atoms with Crippen molar-refractivity contribution in [2.75, 3.05) is 13.2 Å². The normalized spacial score (nSPS) is 11.0. The first kappa shape index (κ1) is 19.7. The molecule has 0 aliphatic rings. The van der Waals surface area contributed by atoms with Gasteiger partial charge in [0.25, 0.3) is 10.0 Å². The summed E-state index contributed by atoms with van der Waals surface area (Å²) in [6, 6.07) is 15.2. The molecule has 7 nitrogen and oxygen atoms in total. The smallest absolute Gasteiger partial charge is 0.257 e. The average Bonchev–Trinajstić information content (AvgIpc) is 2.65. The van der Waals surface area contributed by atoms with Crippen molar-refractivity contribution in [2.24, 2.45) is 0 Å². The van der Waals surface area contributed by atoms with Gasteiger partial charge in [0, 0.05) is 6.42 Å². The fraction of sp³-hybridized carbons (Fsp3) is 0.278. The van der Waals surface area contributed by atoms with Crippen LogP contribution in [0.15, 0.2) is 59.5 Å². The second-order valence-corrected chi connectivity index (χ2v) is 7.01. The van der Waals surface area contributed by atoms with Gasteiger partial charge in [0.05, 0.1) is 18.1 Å². The lowest BCUT2D eigenvalue weighted by Gasteiger charge is -2.10. The fourth-order valence-electron chi connectivity index (χ4n) is 2.07. The monoisotopic (exact) mass is 378 g/mol. The molecule has 0 radical (unpaired) electrons. The quantitative estimate of drug-likeness (QED) is 0.489. The van der Waals surface area contributed by atoms with E-state index in [1.807, 2.05) is 37.3 Å². The van der Waals surface area contributed by atoms with Crippen molar-refractivity contribution >= 4 is 15.9 Å². The van der Waals surface area contributed by atoms with Gasteiger partial charge in [-0.1, -0.05) is 18.2 Å². The lowest BCUT2D eigenvalue weighted by Crippen LogP contribution is -2.41. The first-order chi connectivity index (χ1) is 12.5. The Bertz CT molecular complexity index is 792. The number of benzene rings is 2. The molecule has 0 aliphatic heterocycles. The molecule has 0 spiro atoms. The number of hydrogen-bond donors (Lipinski definition) is 2. The molecule has 0 aliphatic carbocycles. The third kappa shape index (κ3) is 6.38. The molecule has 0 aromatic heterocycles. The van der Waals surface area contributed by atoms with Crippen LogP contribution in [0.3, 0.4) is 0 Å². The van der Waals surface area contributed by atoms with Gasteiger partial charge in [-0.25, -0.2) is 8.42 Å². The van der Waals surface area contributed by atoms with Crippen LogP contribution in [-0.4, -0.2) is 27.5 Å². The fourth-order valence-corrected chi connectivity index (χ4v) is 2.93. The summed E-state index contributed by atoms with van der Waals surface area (Å²) >= 11 is 0. The van der Waals surface area contributed by atoms with E-state index in [4.69, 9.17) is 9.47 Å². The third-order valence-corrected chi connectivity index (χ3v) is 4.59. The molecule has 0 saturated heterocycles. The predicted octanol–water partition coefficient (Wildman–Crippen LogP) is 2.25. The van der Waals surface area contributed by atoms with E-state index < -0.39 is 15.9 Å². The molecule has 2 rings (SSSR count). The van der Waals surface area contributed by atoms with E-state index in [0.29, 0.717) is 25.4 Å². The molecule has 2 aromatic carbocycles. The Morgan fingerprint density at radius 2 is 1.62 bits per heavy atom. The highest BCUT2D eigenvalue weighted by Crippen LogP contribution is 2.15. The first-order valence-electron chi connectivity index (χ1n) is 8.22. The Morgan fingerprint density at radius 1 is 0.962 bits per heavy atom. The molecule has 8 heteroatoms. The van der Waals surface area contributed by atoms with E-state index in [1.165, 1.54) is 12.1 Å². The standard InChI is InChI=1S/C18H22N2O5S/c1-2-24-16-10-12-17(13-11-16)26(22,23)20-19-18(21)9-6-14-25-15-7-4-3-5-8-15/h3-5,7-8,10-13,20H,2,6,9,14H2,1H3,(H,19,21). The van der Waals surface area contributed by atoms with Crippen LogP contribution in [0.25, 0.3) is 0 Å². The van der Waals surface area contributed by atoms with Gasteiger partial charge in [0.2, 0.25) is 5.91 Å². The van der Waals surface area contributed by atoms with Crippen molar-refractivity contribution in [1.82, 2.24) is 10.3 Å². The molecule has 2 N–H and O–H groups in total. The molecular weight excluding hydrogens is 356 g/mol. The Hall–Kier alpha value is -2.58. The van der Waals surface area contributed by atoms with Gasteiger partial charge in [0.1, 0.15) is 11.5 Å². The molecule has 0 fully saturated rings. The summed E-state index contributed by atoms with van der Waals surface area (Å²) in [5, 5.41) is 0. The minimum absolute atomic E-state index is 0.0358. The molecule has 0 saturated carbocycles. The SMILES string of the molecule is CCOc1ccc(S(=O)(=O)NNC(=O)CCCOc2ccccc2)cc1. The number of nitrogens with one attached hydrogen (secondary N) is 2. The highest BCUT2D eigenvalue weighted by atomic mass is 32.2. The maximum atomic E-state index is 12.1. The lowest BCUT2D eigenvalue weighted by molar-refractivity contribution is -0.121. The van der Waals surface area contributed by atoms with Crippen LogP contribution in [0.4, 0.5) is 0 Å². The predicted molar refractivity (Wildman–Crippen MR) is 97.2 cm³/mol. The summed E-state index contributed by atoms with van der Waals surface area (Å²) < 4.78 is 35.0. The van der Waals surface area contributed by atoms with Crippen LogP contribution in [-0.2, 0) is 14.8 Å². The van der Waals surface area contributed by atoms with Gasteiger partial charge >= 0.3 is 0 Å². The van der Waals surface area contributed by atoms with Crippen LogP contribution in [0.1, 0.15) is 19.8 Å². The maximum Gasteiger partial charge on any atom is 0.257 e. The number of carbonyl (C=O) groups is 1. The molecule has 140 valence electrons. The molecule has 0 heterocycles. The summed E-state index contributed by atoms with van der Waals surface area (Å²) in [6.45, 7) is 2.70. The van der Waals surface area contributed by atoms with Crippen LogP contribution in [0, 0.1) is 0 Å². The largest absolute Gasteiger partial charge is 0.494 e. The van der Waals surface area contributed by atoms with E-state index >= 15 is 0 Å². The number of rotatable bonds is 10. The Labute approximate surface area is 153 Å². The Morgan fingerprint density at radius 3 is 2.27 bits per heavy atom. The maximum absolute atomic E-state index is 12.1. The Balaban J connectivity index is 1.73. The highest BCUT2D eigenvalue weighted by Gasteiger charge is 2.15. The molecular formula is C18H22N2O5S. The summed E-state index contributed by atoms with van der Waals surface area (Å²) in [4.78, 5) is 13.9. The minimum Gasteiger partial charge on any atom is -0.494 e. The number of hydrogen-bond acceptors (Lipinski definition) is 5. The number of para-hydroxylation sites is 1. The van der Waals surface area contributed by atoms with Crippen molar-refractivity contribution in [2.45, 2.75) is 24.7 Å². The van der Waals surface area contributed by atoms with Gasteiger partial charge in [0.15, 0.2) is 0 Å². The molecule has 2 aromatic rings. The molecule has 1 amide bonds. The number of amides is 1.